The summed E-state index contributed by atoms with van der Waals surface area (Å²) in [5.74, 6) is 1.87. The topological polar surface area (TPSA) is 74.3 Å². The third kappa shape index (κ3) is 3.96. The summed E-state index contributed by atoms with van der Waals surface area (Å²) in [6.45, 7) is 6.62. The van der Waals surface area contributed by atoms with E-state index in [9.17, 15) is 9.59 Å². The van der Waals surface area contributed by atoms with Crippen molar-refractivity contribution >= 4 is 18.0 Å². The van der Waals surface area contributed by atoms with Gasteiger partial charge in [-0.15, -0.1) is 0 Å². The fourth-order valence-electron chi connectivity index (χ4n) is 3.21. The number of carbonyl (C=O) groups is 2. The van der Waals surface area contributed by atoms with E-state index in [0.29, 0.717) is 47.2 Å². The van der Waals surface area contributed by atoms with E-state index in [-0.39, 0.29) is 11.5 Å². The molecule has 0 aromatic heterocycles. The second-order valence-electron chi connectivity index (χ2n) is 6.66. The number of Topliss-reactive ketones (excluding diaryl/α,β-unsaturated/α-hetero) is 1. The predicted octanol–water partition coefficient (Wildman–Crippen LogP) is 4.47. The summed E-state index contributed by atoms with van der Waals surface area (Å²) in [6.07, 6.45) is 1.21. The van der Waals surface area contributed by atoms with Gasteiger partial charge in [0.15, 0.2) is 17.3 Å². The monoisotopic (exact) mass is 411 g/mol. The highest BCUT2D eigenvalue weighted by Gasteiger charge is 2.31. The van der Waals surface area contributed by atoms with Crippen molar-refractivity contribution in [1.82, 2.24) is 4.90 Å². The molecule has 0 N–H and O–H groups in total. The van der Waals surface area contributed by atoms with E-state index in [4.69, 9.17) is 18.9 Å². The quantitative estimate of drug-likeness (QED) is 0.653. The molecule has 30 heavy (non-hydrogen) atoms. The van der Waals surface area contributed by atoms with Crippen LogP contribution in [0.4, 0.5) is 4.79 Å². The molecule has 7 nitrogen and oxygen atoms in total. The van der Waals surface area contributed by atoms with Crippen LogP contribution in [0.25, 0.3) is 6.08 Å². The van der Waals surface area contributed by atoms with Crippen molar-refractivity contribution in [1.29, 1.82) is 0 Å². The van der Waals surface area contributed by atoms with Gasteiger partial charge in [-0.1, -0.05) is 6.07 Å². The highest BCUT2D eigenvalue weighted by molar-refractivity contribution is 6.15. The molecule has 0 fully saturated rings. The number of methoxy groups -OCH3 is 2. The summed E-state index contributed by atoms with van der Waals surface area (Å²) in [5.41, 5.74) is 1.76. The van der Waals surface area contributed by atoms with Crippen LogP contribution in [0.5, 0.6) is 23.0 Å². The molecule has 1 amide bonds. The summed E-state index contributed by atoms with van der Waals surface area (Å²) in [7, 11) is 3.11. The Bertz CT molecular complexity index is 1010. The molecule has 1 aliphatic rings. The molecular formula is C23H25NO6. The smallest absolute Gasteiger partial charge is 0.415 e. The molecule has 0 bridgehead atoms. The average Bonchev–Trinajstić information content (AvgIpc) is 3.07. The Labute approximate surface area is 175 Å². The number of ether oxygens (including phenoxy) is 4. The zero-order chi connectivity index (χ0) is 21.8. The Balaban J connectivity index is 1.88. The Kier molecular flexibility index (Phi) is 6.30. The van der Waals surface area contributed by atoms with E-state index in [1.807, 2.05) is 13.8 Å². The van der Waals surface area contributed by atoms with Gasteiger partial charge < -0.3 is 23.8 Å². The van der Waals surface area contributed by atoms with Crippen molar-refractivity contribution in [2.45, 2.75) is 20.8 Å². The minimum absolute atomic E-state index is 0.188. The maximum Gasteiger partial charge on any atom is 0.415 e. The highest BCUT2D eigenvalue weighted by atomic mass is 16.6. The molecule has 1 aliphatic heterocycles. The second-order valence-corrected chi connectivity index (χ2v) is 6.66. The zero-order valence-corrected chi connectivity index (χ0v) is 17.8. The van der Waals surface area contributed by atoms with Gasteiger partial charge in [0.25, 0.3) is 0 Å². The van der Waals surface area contributed by atoms with Gasteiger partial charge in [-0.2, -0.15) is 0 Å². The molecule has 0 saturated heterocycles. The van der Waals surface area contributed by atoms with Crippen LogP contribution in [0.3, 0.4) is 0 Å². The van der Waals surface area contributed by atoms with Crippen LogP contribution in [0.15, 0.2) is 36.1 Å². The van der Waals surface area contributed by atoms with Gasteiger partial charge in [-0.3, -0.25) is 4.79 Å². The first-order valence-electron chi connectivity index (χ1n) is 9.70. The van der Waals surface area contributed by atoms with E-state index in [1.165, 1.54) is 0 Å². The van der Waals surface area contributed by atoms with Crippen LogP contribution in [-0.2, 0) is 0 Å². The number of allylic oxidation sites excluding steroid dienone is 1. The maximum atomic E-state index is 12.8. The number of amides is 1. The van der Waals surface area contributed by atoms with Gasteiger partial charge in [-0.25, -0.2) is 4.79 Å². The molecule has 1 heterocycles. The van der Waals surface area contributed by atoms with Crippen molar-refractivity contribution in [3.8, 4) is 23.0 Å². The molecule has 0 atom stereocenters. The normalized spacial score (nSPS) is 13.6. The minimum Gasteiger partial charge on any atom is -0.493 e. The van der Waals surface area contributed by atoms with Gasteiger partial charge in [0.05, 0.1) is 19.8 Å². The Morgan fingerprint density at radius 2 is 1.70 bits per heavy atom. The second kappa shape index (κ2) is 8.90. The summed E-state index contributed by atoms with van der Waals surface area (Å²) < 4.78 is 21.9. The number of fused-ring (bicyclic) bond motifs is 1. The predicted molar refractivity (Wildman–Crippen MR) is 113 cm³/mol. The highest BCUT2D eigenvalue weighted by Crippen LogP contribution is 2.40. The number of nitrogens with zero attached hydrogens (tertiary/aromatic N) is 1. The van der Waals surface area contributed by atoms with E-state index in [0.717, 1.165) is 5.56 Å². The van der Waals surface area contributed by atoms with Gasteiger partial charge in [0.2, 0.25) is 5.78 Å². The van der Waals surface area contributed by atoms with E-state index >= 15 is 0 Å². The first kappa shape index (κ1) is 21.2. The van der Waals surface area contributed by atoms with E-state index in [1.54, 1.807) is 62.5 Å². The Morgan fingerprint density at radius 3 is 2.33 bits per heavy atom. The molecule has 0 radical (unpaired) electrons. The number of carbonyl (C=O) groups excluding carboxylic acids is 2. The summed E-state index contributed by atoms with van der Waals surface area (Å²) in [5, 5.41) is 0. The van der Waals surface area contributed by atoms with Crippen LogP contribution < -0.4 is 18.9 Å². The molecule has 0 saturated carbocycles. The van der Waals surface area contributed by atoms with Crippen molar-refractivity contribution in [2.24, 2.45) is 0 Å². The average molecular weight is 411 g/mol. The molecule has 158 valence electrons. The van der Waals surface area contributed by atoms with Crippen LogP contribution in [-0.4, -0.2) is 44.1 Å². The number of hydrogen-bond donors (Lipinski definition) is 0. The van der Waals surface area contributed by atoms with Gasteiger partial charge in [-0.05, 0) is 56.7 Å². The summed E-state index contributed by atoms with van der Waals surface area (Å²) in [4.78, 5) is 26.6. The lowest BCUT2D eigenvalue weighted by Crippen LogP contribution is -2.33. The van der Waals surface area contributed by atoms with Crippen molar-refractivity contribution in [3.63, 3.8) is 0 Å². The molecule has 7 heteroatoms. The van der Waals surface area contributed by atoms with Gasteiger partial charge in [0, 0.05) is 18.7 Å². The van der Waals surface area contributed by atoms with Crippen molar-refractivity contribution in [2.75, 3.05) is 27.3 Å². The number of rotatable bonds is 6. The minimum atomic E-state index is -0.437. The number of ketones is 1. The van der Waals surface area contributed by atoms with Crippen LogP contribution in [0.1, 0.15) is 35.3 Å². The zero-order valence-electron chi connectivity index (χ0n) is 17.8. The molecule has 2 aromatic rings. The standard InChI is InChI=1S/C23H25NO6/c1-6-24(7-2)23(26)30-17-11-9-16-21(25)20(29-22(16)14(17)3)13-15-8-10-18(27-4)19(12-15)28-5/h8-13H,6-7H2,1-5H3/b20-13-. The first-order valence-corrected chi connectivity index (χ1v) is 9.70. The lowest BCUT2D eigenvalue weighted by atomic mass is 10.1. The largest absolute Gasteiger partial charge is 0.493 e. The molecule has 3 rings (SSSR count). The summed E-state index contributed by atoms with van der Waals surface area (Å²) in [6, 6.07) is 8.56. The number of hydrogen-bond acceptors (Lipinski definition) is 6. The molecular weight excluding hydrogens is 386 g/mol. The third-order valence-corrected chi connectivity index (χ3v) is 4.96. The fourth-order valence-corrected chi connectivity index (χ4v) is 3.21. The molecule has 0 spiro atoms. The van der Waals surface area contributed by atoms with Crippen molar-refractivity contribution < 1.29 is 28.5 Å². The first-order chi connectivity index (χ1) is 14.4. The lowest BCUT2D eigenvalue weighted by Gasteiger charge is -2.19. The van der Waals surface area contributed by atoms with E-state index in [2.05, 4.69) is 0 Å². The van der Waals surface area contributed by atoms with Gasteiger partial charge >= 0.3 is 6.09 Å². The molecule has 2 aromatic carbocycles. The molecule has 0 aliphatic carbocycles. The van der Waals surface area contributed by atoms with Crippen LogP contribution in [0, 0.1) is 6.92 Å². The summed E-state index contributed by atoms with van der Waals surface area (Å²) >= 11 is 0. The maximum absolute atomic E-state index is 12.8. The van der Waals surface area contributed by atoms with Crippen LogP contribution >= 0.6 is 0 Å². The fraction of sp³-hybridized carbons (Fsp3) is 0.304. The van der Waals surface area contributed by atoms with E-state index < -0.39 is 6.09 Å². The lowest BCUT2D eigenvalue weighted by molar-refractivity contribution is 0.101. The Morgan fingerprint density at radius 1 is 1.03 bits per heavy atom. The van der Waals surface area contributed by atoms with Gasteiger partial charge in [0.1, 0.15) is 11.5 Å². The SMILES string of the molecule is CCN(CC)C(=O)Oc1ccc2c(c1C)O/C(=C\c1ccc(OC)c(OC)c1)C2=O. The third-order valence-electron chi connectivity index (χ3n) is 4.96. The van der Waals surface area contributed by atoms with Crippen LogP contribution in [0.2, 0.25) is 0 Å². The number of benzene rings is 2. The Hall–Kier alpha value is -3.48. The van der Waals surface area contributed by atoms with Crippen molar-refractivity contribution in [3.05, 3.63) is 52.8 Å². The molecule has 0 unspecified atom stereocenters.